The number of aliphatic imine (C=N–C) groups is 1. The molecule has 0 bridgehead atoms. The molecule has 0 saturated heterocycles. The molecule has 0 aliphatic heterocycles. The topological polar surface area (TPSA) is 29.4 Å². The third kappa shape index (κ3) is 3.28. The summed E-state index contributed by atoms with van der Waals surface area (Å²) in [4.78, 5) is 13.9. The largest absolute Gasteiger partial charge is 0.268 e. The van der Waals surface area contributed by atoms with Gasteiger partial charge in [-0.25, -0.2) is 4.99 Å². The van der Waals surface area contributed by atoms with Gasteiger partial charge < -0.3 is 0 Å². The van der Waals surface area contributed by atoms with Crippen LogP contribution in [0.25, 0.3) is 0 Å². The molecular formula is C6H9NO. The SMILES string of the molecule is C=CC(=O)N=C(C)C. The van der Waals surface area contributed by atoms with Crippen molar-refractivity contribution >= 4 is 11.6 Å². The molecule has 1 amide bonds. The number of carbonyl (C=O) groups excluding carboxylic acids is 1. The highest BCUT2D eigenvalue weighted by Gasteiger charge is 1.85. The first-order valence-corrected chi connectivity index (χ1v) is 2.35. The predicted octanol–water partition coefficient (Wildman–Crippen LogP) is 1.18. The van der Waals surface area contributed by atoms with Crippen LogP contribution in [-0.4, -0.2) is 11.6 Å². The van der Waals surface area contributed by atoms with Gasteiger partial charge in [-0.15, -0.1) is 0 Å². The standard InChI is InChI=1S/C6H9NO/c1-4-6(8)7-5(2)3/h4H,1H2,2-3H3. The minimum atomic E-state index is -0.273. The Morgan fingerprint density at radius 3 is 2.25 bits per heavy atom. The first-order valence-electron chi connectivity index (χ1n) is 2.35. The summed E-state index contributed by atoms with van der Waals surface area (Å²) < 4.78 is 0. The number of hydrogen-bond donors (Lipinski definition) is 0. The van der Waals surface area contributed by atoms with Crippen LogP contribution < -0.4 is 0 Å². The zero-order valence-electron chi connectivity index (χ0n) is 5.14. The van der Waals surface area contributed by atoms with Gasteiger partial charge in [-0.1, -0.05) is 6.58 Å². The molecule has 0 aromatic rings. The van der Waals surface area contributed by atoms with E-state index in [0.717, 1.165) is 5.71 Å². The fraction of sp³-hybridized carbons (Fsp3) is 0.333. The Balaban J connectivity index is 3.89. The molecule has 8 heavy (non-hydrogen) atoms. The van der Waals surface area contributed by atoms with E-state index in [1.165, 1.54) is 6.08 Å². The van der Waals surface area contributed by atoms with Gasteiger partial charge in [-0.05, 0) is 19.9 Å². The van der Waals surface area contributed by atoms with E-state index in [-0.39, 0.29) is 5.91 Å². The van der Waals surface area contributed by atoms with Crippen molar-refractivity contribution in [3.05, 3.63) is 12.7 Å². The van der Waals surface area contributed by atoms with Crippen LogP contribution >= 0.6 is 0 Å². The average molecular weight is 111 g/mol. The third-order valence-corrected chi connectivity index (χ3v) is 0.508. The van der Waals surface area contributed by atoms with E-state index >= 15 is 0 Å². The zero-order chi connectivity index (χ0) is 6.57. The first-order chi connectivity index (χ1) is 3.66. The van der Waals surface area contributed by atoms with Crippen molar-refractivity contribution in [3.63, 3.8) is 0 Å². The van der Waals surface area contributed by atoms with Gasteiger partial charge in [-0.2, -0.15) is 0 Å². The van der Waals surface area contributed by atoms with E-state index in [1.54, 1.807) is 13.8 Å². The minimum Gasteiger partial charge on any atom is -0.268 e. The molecule has 0 radical (unpaired) electrons. The summed E-state index contributed by atoms with van der Waals surface area (Å²) in [5.74, 6) is -0.273. The smallest absolute Gasteiger partial charge is 0.268 e. The molecule has 0 saturated carbocycles. The van der Waals surface area contributed by atoms with Gasteiger partial charge in [0.15, 0.2) is 0 Å². The number of nitrogens with zero attached hydrogens (tertiary/aromatic N) is 1. The molecule has 0 atom stereocenters. The Morgan fingerprint density at radius 1 is 1.62 bits per heavy atom. The molecule has 0 rings (SSSR count). The molecular weight excluding hydrogens is 102 g/mol. The van der Waals surface area contributed by atoms with Gasteiger partial charge in [0, 0.05) is 5.71 Å². The number of hydrogen-bond acceptors (Lipinski definition) is 1. The minimum absolute atomic E-state index is 0.273. The van der Waals surface area contributed by atoms with Crippen molar-refractivity contribution in [3.8, 4) is 0 Å². The van der Waals surface area contributed by atoms with Crippen LogP contribution in [0.2, 0.25) is 0 Å². The Labute approximate surface area is 48.9 Å². The van der Waals surface area contributed by atoms with Gasteiger partial charge in [0.05, 0.1) is 0 Å². The van der Waals surface area contributed by atoms with Crippen LogP contribution in [0.15, 0.2) is 17.6 Å². The number of rotatable bonds is 1. The molecule has 44 valence electrons. The summed E-state index contributed by atoms with van der Waals surface area (Å²) in [5.41, 5.74) is 0.759. The van der Waals surface area contributed by atoms with E-state index in [1.807, 2.05) is 0 Å². The quantitative estimate of drug-likeness (QED) is 0.369. The predicted molar refractivity (Wildman–Crippen MR) is 34.0 cm³/mol. The second kappa shape index (κ2) is 3.13. The van der Waals surface area contributed by atoms with Gasteiger partial charge in [0.1, 0.15) is 0 Å². The summed E-state index contributed by atoms with van der Waals surface area (Å²) in [7, 11) is 0. The molecule has 0 aromatic carbocycles. The fourth-order valence-electron chi connectivity index (χ4n) is 0.266. The van der Waals surface area contributed by atoms with Crippen molar-refractivity contribution in [2.75, 3.05) is 0 Å². The lowest BCUT2D eigenvalue weighted by molar-refractivity contribution is -0.113. The van der Waals surface area contributed by atoms with E-state index in [2.05, 4.69) is 11.6 Å². The summed E-state index contributed by atoms with van der Waals surface area (Å²) in [6, 6.07) is 0. The van der Waals surface area contributed by atoms with Crippen LogP contribution in [0.3, 0.4) is 0 Å². The molecule has 2 heteroatoms. The van der Waals surface area contributed by atoms with Gasteiger partial charge in [-0.3, -0.25) is 4.79 Å². The summed E-state index contributed by atoms with van der Waals surface area (Å²) in [6.45, 7) is 6.79. The maximum atomic E-state index is 10.3. The molecule has 0 spiro atoms. The van der Waals surface area contributed by atoms with Crippen LogP contribution in [0, 0.1) is 0 Å². The van der Waals surface area contributed by atoms with Crippen LogP contribution in [0.5, 0.6) is 0 Å². The third-order valence-electron chi connectivity index (χ3n) is 0.508. The maximum absolute atomic E-state index is 10.3. The van der Waals surface area contributed by atoms with E-state index < -0.39 is 0 Å². The lowest BCUT2D eigenvalue weighted by atomic mass is 10.5. The Hall–Kier alpha value is -0.920. The van der Waals surface area contributed by atoms with Crippen LogP contribution in [0.4, 0.5) is 0 Å². The van der Waals surface area contributed by atoms with Crippen LogP contribution in [-0.2, 0) is 4.79 Å². The van der Waals surface area contributed by atoms with Crippen molar-refractivity contribution < 1.29 is 4.79 Å². The van der Waals surface area contributed by atoms with Gasteiger partial charge in [0.2, 0.25) is 0 Å². The van der Waals surface area contributed by atoms with Crippen LogP contribution in [0.1, 0.15) is 13.8 Å². The molecule has 2 nitrogen and oxygen atoms in total. The fourth-order valence-corrected chi connectivity index (χ4v) is 0.266. The Bertz CT molecular complexity index is 131. The molecule has 0 fully saturated rings. The summed E-state index contributed by atoms with van der Waals surface area (Å²) >= 11 is 0. The zero-order valence-corrected chi connectivity index (χ0v) is 5.14. The van der Waals surface area contributed by atoms with Gasteiger partial charge in [0.25, 0.3) is 5.91 Å². The lowest BCUT2D eigenvalue weighted by Gasteiger charge is -1.82. The highest BCUT2D eigenvalue weighted by molar-refractivity contribution is 5.98. The van der Waals surface area contributed by atoms with E-state index in [4.69, 9.17) is 0 Å². The lowest BCUT2D eigenvalue weighted by Crippen LogP contribution is -1.89. The van der Waals surface area contributed by atoms with Crippen molar-refractivity contribution in [1.29, 1.82) is 0 Å². The van der Waals surface area contributed by atoms with E-state index in [0.29, 0.717) is 0 Å². The average Bonchev–Trinajstić information content (AvgIpc) is 1.65. The number of carbonyl (C=O) groups is 1. The normalized spacial score (nSPS) is 7.75. The van der Waals surface area contributed by atoms with Crippen molar-refractivity contribution in [1.82, 2.24) is 0 Å². The van der Waals surface area contributed by atoms with Crippen molar-refractivity contribution in [2.45, 2.75) is 13.8 Å². The van der Waals surface area contributed by atoms with E-state index in [9.17, 15) is 4.79 Å². The van der Waals surface area contributed by atoms with Crippen molar-refractivity contribution in [2.24, 2.45) is 4.99 Å². The molecule has 0 aliphatic carbocycles. The highest BCUT2D eigenvalue weighted by Crippen LogP contribution is 1.77. The second-order valence-electron chi connectivity index (χ2n) is 1.60. The first kappa shape index (κ1) is 7.08. The molecule has 0 unspecified atom stereocenters. The summed E-state index contributed by atoms with van der Waals surface area (Å²) in [5, 5.41) is 0. The van der Waals surface area contributed by atoms with Gasteiger partial charge >= 0.3 is 0 Å². The second-order valence-corrected chi connectivity index (χ2v) is 1.60. The molecule has 0 aliphatic rings. The number of amides is 1. The Kier molecular flexibility index (Phi) is 2.77. The summed E-state index contributed by atoms with van der Waals surface area (Å²) in [6.07, 6.45) is 1.19. The molecule has 0 aromatic heterocycles. The molecule has 0 heterocycles. The monoisotopic (exact) mass is 111 g/mol. The Morgan fingerprint density at radius 2 is 2.12 bits per heavy atom. The highest BCUT2D eigenvalue weighted by atomic mass is 16.1. The maximum Gasteiger partial charge on any atom is 0.268 e. The molecule has 0 N–H and O–H groups in total.